The summed E-state index contributed by atoms with van der Waals surface area (Å²) in [6, 6.07) is 1.16. The molecule has 0 saturated carbocycles. The van der Waals surface area contributed by atoms with E-state index in [4.69, 9.17) is 21.4 Å². The zero-order valence-electron chi connectivity index (χ0n) is 9.62. The second-order valence-corrected chi connectivity index (χ2v) is 3.64. The molecule has 0 atom stereocenters. The summed E-state index contributed by atoms with van der Waals surface area (Å²) in [5.41, 5.74) is 0.0382. The number of carbonyl (C=O) groups is 1. The highest BCUT2D eigenvalue weighted by atomic mass is 35.5. The summed E-state index contributed by atoms with van der Waals surface area (Å²) in [6.45, 7) is 0. The number of hydrogen-bond acceptors (Lipinski definition) is 4. The predicted octanol–water partition coefficient (Wildman–Crippen LogP) is 2.35. The zero-order chi connectivity index (χ0) is 14.6. The quantitative estimate of drug-likeness (QED) is 0.845. The molecular weight excluding hydrogens is 291 g/mol. The molecule has 0 bridgehead atoms. The minimum absolute atomic E-state index is 0.0731. The van der Waals surface area contributed by atoms with Gasteiger partial charge in [0.15, 0.2) is 0 Å². The molecule has 1 aromatic rings. The first-order valence-electron chi connectivity index (χ1n) is 4.87. The van der Waals surface area contributed by atoms with Gasteiger partial charge in [0.2, 0.25) is 11.8 Å². The van der Waals surface area contributed by atoms with Crippen molar-refractivity contribution in [1.29, 1.82) is 0 Å². The monoisotopic (exact) mass is 299 g/mol. The first-order chi connectivity index (χ1) is 8.76. The molecule has 1 rings (SSSR count). The van der Waals surface area contributed by atoms with E-state index >= 15 is 0 Å². The number of carboxylic acids is 1. The number of aromatic nitrogens is 1. The van der Waals surface area contributed by atoms with Gasteiger partial charge in [-0.1, -0.05) is 0 Å². The lowest BCUT2D eigenvalue weighted by Crippen LogP contribution is -2.19. The number of pyridine rings is 1. The molecule has 0 unspecified atom stereocenters. The van der Waals surface area contributed by atoms with Gasteiger partial charge in [-0.2, -0.15) is 4.98 Å². The first kappa shape index (κ1) is 15.4. The third kappa shape index (κ3) is 4.47. The standard InChI is InChI=1S/C10H9ClF3NO4/c1-18-8-5(3-7(16)17)2-6(4-11)9(15-8)19-10(12,13)14/h2H,3-4H2,1H3,(H,16,17). The van der Waals surface area contributed by atoms with Gasteiger partial charge in [0.25, 0.3) is 0 Å². The van der Waals surface area contributed by atoms with Crippen molar-refractivity contribution in [3.05, 3.63) is 17.2 Å². The maximum atomic E-state index is 12.2. The normalized spacial score (nSPS) is 11.2. The summed E-state index contributed by atoms with van der Waals surface area (Å²) in [4.78, 5) is 14.1. The molecule has 5 nitrogen and oxygen atoms in total. The van der Waals surface area contributed by atoms with Crippen molar-refractivity contribution in [1.82, 2.24) is 4.98 Å². The second-order valence-electron chi connectivity index (χ2n) is 3.37. The topological polar surface area (TPSA) is 68.7 Å². The van der Waals surface area contributed by atoms with Crippen LogP contribution in [-0.2, 0) is 17.1 Å². The van der Waals surface area contributed by atoms with Gasteiger partial charge in [0, 0.05) is 11.1 Å². The highest BCUT2D eigenvalue weighted by molar-refractivity contribution is 6.17. The maximum absolute atomic E-state index is 12.2. The lowest BCUT2D eigenvalue weighted by Gasteiger charge is -2.14. The number of hydrogen-bond donors (Lipinski definition) is 1. The number of aliphatic carboxylic acids is 1. The van der Waals surface area contributed by atoms with Gasteiger partial charge in [0.05, 0.1) is 19.4 Å². The molecule has 0 saturated heterocycles. The van der Waals surface area contributed by atoms with E-state index in [2.05, 4.69) is 9.72 Å². The number of rotatable bonds is 5. The Hall–Kier alpha value is -1.70. The Morgan fingerprint density at radius 3 is 2.47 bits per heavy atom. The molecule has 0 aromatic carbocycles. The van der Waals surface area contributed by atoms with Crippen molar-refractivity contribution >= 4 is 17.6 Å². The van der Waals surface area contributed by atoms with Gasteiger partial charge in [0.1, 0.15) is 0 Å². The molecule has 0 radical (unpaired) electrons. The summed E-state index contributed by atoms with van der Waals surface area (Å²) in [5, 5.41) is 8.68. The summed E-state index contributed by atoms with van der Waals surface area (Å²) in [7, 11) is 1.16. The number of carboxylic acid groups (broad SMARTS) is 1. The van der Waals surface area contributed by atoms with E-state index < -0.39 is 24.6 Å². The minimum atomic E-state index is -4.92. The van der Waals surface area contributed by atoms with Gasteiger partial charge < -0.3 is 14.6 Å². The van der Waals surface area contributed by atoms with Crippen molar-refractivity contribution < 1.29 is 32.5 Å². The summed E-state index contributed by atoms with van der Waals surface area (Å²) in [5.74, 6) is -2.50. The van der Waals surface area contributed by atoms with Crippen LogP contribution in [0.15, 0.2) is 6.07 Å². The van der Waals surface area contributed by atoms with Crippen molar-refractivity contribution in [3.63, 3.8) is 0 Å². The molecule has 0 aliphatic rings. The van der Waals surface area contributed by atoms with Crippen LogP contribution in [0.2, 0.25) is 0 Å². The highest BCUT2D eigenvalue weighted by Gasteiger charge is 2.33. The summed E-state index contributed by atoms with van der Waals surface area (Å²) < 4.78 is 44.9. The van der Waals surface area contributed by atoms with E-state index in [1.165, 1.54) is 0 Å². The highest BCUT2D eigenvalue weighted by Crippen LogP contribution is 2.30. The van der Waals surface area contributed by atoms with E-state index in [0.29, 0.717) is 0 Å². The van der Waals surface area contributed by atoms with E-state index in [0.717, 1.165) is 13.2 Å². The number of halogens is 4. The first-order valence-corrected chi connectivity index (χ1v) is 5.40. The zero-order valence-corrected chi connectivity index (χ0v) is 10.4. The van der Waals surface area contributed by atoms with Crippen molar-refractivity contribution in [3.8, 4) is 11.8 Å². The molecular formula is C10H9ClF3NO4. The van der Waals surface area contributed by atoms with Crippen molar-refractivity contribution in [2.75, 3.05) is 7.11 Å². The maximum Gasteiger partial charge on any atom is 0.574 e. The molecule has 9 heteroatoms. The number of nitrogens with zero attached hydrogens (tertiary/aromatic N) is 1. The van der Waals surface area contributed by atoms with Crippen LogP contribution in [-0.4, -0.2) is 29.5 Å². The average molecular weight is 300 g/mol. The fourth-order valence-electron chi connectivity index (χ4n) is 1.33. The Kier molecular flexibility index (Phi) is 4.82. The fraction of sp³-hybridized carbons (Fsp3) is 0.400. The smallest absolute Gasteiger partial charge is 0.481 e. The van der Waals surface area contributed by atoms with Crippen LogP contribution in [0, 0.1) is 0 Å². The number of ether oxygens (including phenoxy) is 2. The van der Waals surface area contributed by atoms with Crippen LogP contribution in [0.3, 0.4) is 0 Å². The molecule has 0 fully saturated rings. The van der Waals surface area contributed by atoms with Crippen LogP contribution in [0.1, 0.15) is 11.1 Å². The molecule has 0 aliphatic carbocycles. The van der Waals surface area contributed by atoms with E-state index in [9.17, 15) is 18.0 Å². The lowest BCUT2D eigenvalue weighted by molar-refractivity contribution is -0.276. The van der Waals surface area contributed by atoms with Crippen LogP contribution in [0.25, 0.3) is 0 Å². The predicted molar refractivity (Wildman–Crippen MR) is 58.4 cm³/mol. The van der Waals surface area contributed by atoms with Crippen molar-refractivity contribution in [2.45, 2.75) is 18.7 Å². The van der Waals surface area contributed by atoms with Crippen LogP contribution < -0.4 is 9.47 Å². The van der Waals surface area contributed by atoms with E-state index in [1.54, 1.807) is 0 Å². The Labute approximate surface area is 110 Å². The Morgan fingerprint density at radius 1 is 1.42 bits per heavy atom. The van der Waals surface area contributed by atoms with Crippen LogP contribution in [0.5, 0.6) is 11.8 Å². The third-order valence-electron chi connectivity index (χ3n) is 1.99. The van der Waals surface area contributed by atoms with E-state index in [-0.39, 0.29) is 22.9 Å². The van der Waals surface area contributed by atoms with Crippen LogP contribution >= 0.6 is 11.6 Å². The molecule has 0 amide bonds. The summed E-state index contributed by atoms with van der Waals surface area (Å²) in [6.07, 6.45) is -5.38. The fourth-order valence-corrected chi connectivity index (χ4v) is 1.52. The van der Waals surface area contributed by atoms with Gasteiger partial charge in [-0.05, 0) is 6.07 Å². The largest absolute Gasteiger partial charge is 0.574 e. The lowest BCUT2D eigenvalue weighted by atomic mass is 10.1. The SMILES string of the molecule is COc1nc(OC(F)(F)F)c(CCl)cc1CC(=O)O. The molecule has 1 N–H and O–H groups in total. The van der Waals surface area contributed by atoms with Crippen LogP contribution in [0.4, 0.5) is 13.2 Å². The van der Waals surface area contributed by atoms with Crippen molar-refractivity contribution in [2.24, 2.45) is 0 Å². The molecule has 106 valence electrons. The van der Waals surface area contributed by atoms with E-state index in [1.807, 2.05) is 0 Å². The van der Waals surface area contributed by atoms with Gasteiger partial charge in [-0.15, -0.1) is 24.8 Å². The molecule has 1 aromatic heterocycles. The third-order valence-corrected chi connectivity index (χ3v) is 2.28. The second kappa shape index (κ2) is 5.96. The van der Waals surface area contributed by atoms with Gasteiger partial charge in [-0.25, -0.2) is 0 Å². The molecule has 1 heterocycles. The minimum Gasteiger partial charge on any atom is -0.481 e. The molecule has 0 aliphatic heterocycles. The Bertz CT molecular complexity index is 479. The molecule has 19 heavy (non-hydrogen) atoms. The van der Waals surface area contributed by atoms with Gasteiger partial charge in [-0.3, -0.25) is 4.79 Å². The summed E-state index contributed by atoms with van der Waals surface area (Å²) >= 11 is 5.49. The van der Waals surface area contributed by atoms with Gasteiger partial charge >= 0.3 is 12.3 Å². The Morgan fingerprint density at radius 2 is 2.05 bits per heavy atom. The molecule has 0 spiro atoms. The average Bonchev–Trinajstić information content (AvgIpc) is 2.27. The Balaban J connectivity index is 3.22. The number of methoxy groups -OCH3 is 1. The number of alkyl halides is 4.